The molecule has 12 heavy (non-hydrogen) atoms. The molecule has 3 nitrogen and oxygen atoms in total. The summed E-state index contributed by atoms with van der Waals surface area (Å²) in [6, 6.07) is 0.990. The Morgan fingerprint density at radius 3 is 2.58 bits per heavy atom. The fourth-order valence-corrected chi connectivity index (χ4v) is 2.59. The largest absolute Gasteiger partial charge is 0.477 e. The van der Waals surface area contributed by atoms with Crippen molar-refractivity contribution >= 4 is 8.56 Å². The van der Waals surface area contributed by atoms with Gasteiger partial charge in [0.05, 0.1) is 6.26 Å². The van der Waals surface area contributed by atoms with Gasteiger partial charge in [-0.05, 0) is 12.6 Å². The molecule has 4 heteroatoms. The van der Waals surface area contributed by atoms with E-state index in [0.29, 0.717) is 0 Å². The normalized spacial score (nSPS) is 15.2. The van der Waals surface area contributed by atoms with E-state index < -0.39 is 8.56 Å². The van der Waals surface area contributed by atoms with Gasteiger partial charge in [0, 0.05) is 7.11 Å². The van der Waals surface area contributed by atoms with Crippen molar-refractivity contribution in [3.63, 3.8) is 0 Å². The first kappa shape index (κ1) is 11.7. The molecule has 0 aliphatic rings. The fraction of sp³-hybridized carbons (Fsp3) is 0.750. The van der Waals surface area contributed by atoms with Crippen molar-refractivity contribution in [2.75, 3.05) is 13.9 Å². The molecule has 72 valence electrons. The molecule has 0 saturated heterocycles. The summed E-state index contributed by atoms with van der Waals surface area (Å²) < 4.78 is 15.7. The van der Waals surface area contributed by atoms with E-state index in [-0.39, 0.29) is 6.79 Å². The first-order chi connectivity index (χ1) is 5.68. The lowest BCUT2D eigenvalue weighted by Gasteiger charge is -2.23. The SMILES string of the molecule is C=COCO[Si](C)(CCC)OC. The Morgan fingerprint density at radius 2 is 2.17 bits per heavy atom. The summed E-state index contributed by atoms with van der Waals surface area (Å²) in [5.74, 6) is 0. The highest BCUT2D eigenvalue weighted by Gasteiger charge is 2.28. The van der Waals surface area contributed by atoms with E-state index in [1.54, 1.807) is 7.11 Å². The lowest BCUT2D eigenvalue weighted by Crippen LogP contribution is -2.37. The standard InChI is InChI=1S/C8H18O3Si/c1-5-7-12(4,9-3)11-8-10-6-2/h6H,2,5,7-8H2,1,3-4H3. The average Bonchev–Trinajstić information content (AvgIpc) is 2.06. The van der Waals surface area contributed by atoms with Gasteiger partial charge < -0.3 is 13.6 Å². The molecule has 0 bridgehead atoms. The minimum atomic E-state index is -1.93. The van der Waals surface area contributed by atoms with Crippen LogP contribution in [0.2, 0.25) is 12.6 Å². The maximum atomic E-state index is 5.48. The van der Waals surface area contributed by atoms with Crippen molar-refractivity contribution < 1.29 is 13.6 Å². The van der Waals surface area contributed by atoms with Crippen molar-refractivity contribution in [1.82, 2.24) is 0 Å². The first-order valence-corrected chi connectivity index (χ1v) is 6.62. The lowest BCUT2D eigenvalue weighted by molar-refractivity contribution is 0.0481. The van der Waals surface area contributed by atoms with Gasteiger partial charge in [0.15, 0.2) is 6.79 Å². The van der Waals surface area contributed by atoms with Crippen LogP contribution < -0.4 is 0 Å². The molecule has 0 aliphatic carbocycles. The monoisotopic (exact) mass is 190 g/mol. The summed E-state index contributed by atoms with van der Waals surface area (Å²) in [5.41, 5.74) is 0. The molecule has 1 atom stereocenters. The number of hydrogen-bond acceptors (Lipinski definition) is 3. The third-order valence-corrected chi connectivity index (χ3v) is 4.69. The van der Waals surface area contributed by atoms with E-state index in [4.69, 9.17) is 13.6 Å². The lowest BCUT2D eigenvalue weighted by atomic mass is 10.6. The molecule has 0 amide bonds. The Morgan fingerprint density at radius 1 is 1.50 bits per heavy atom. The Bertz CT molecular complexity index is 129. The van der Waals surface area contributed by atoms with Crippen molar-refractivity contribution in [2.24, 2.45) is 0 Å². The van der Waals surface area contributed by atoms with Crippen molar-refractivity contribution in [3.05, 3.63) is 12.8 Å². The van der Waals surface area contributed by atoms with E-state index >= 15 is 0 Å². The number of ether oxygens (including phenoxy) is 1. The van der Waals surface area contributed by atoms with Crippen LogP contribution in [-0.4, -0.2) is 22.5 Å². The van der Waals surface area contributed by atoms with Crippen LogP contribution in [0.4, 0.5) is 0 Å². The minimum absolute atomic E-state index is 0.250. The maximum absolute atomic E-state index is 5.48. The second-order valence-electron chi connectivity index (χ2n) is 2.68. The topological polar surface area (TPSA) is 27.7 Å². The van der Waals surface area contributed by atoms with Crippen LogP contribution in [0.25, 0.3) is 0 Å². The molecule has 0 radical (unpaired) electrons. The van der Waals surface area contributed by atoms with Crippen LogP contribution in [-0.2, 0) is 13.6 Å². The molecule has 0 fully saturated rings. The van der Waals surface area contributed by atoms with Crippen LogP contribution in [0.1, 0.15) is 13.3 Å². The summed E-state index contributed by atoms with van der Waals surface area (Å²) in [6.07, 6.45) is 2.45. The van der Waals surface area contributed by atoms with Crippen LogP contribution in [0.3, 0.4) is 0 Å². The maximum Gasteiger partial charge on any atom is 0.337 e. The zero-order valence-corrected chi connectivity index (χ0v) is 9.13. The minimum Gasteiger partial charge on any atom is -0.477 e. The molecule has 1 unspecified atom stereocenters. The second kappa shape index (κ2) is 6.22. The molecule has 0 aromatic rings. The van der Waals surface area contributed by atoms with Gasteiger partial charge in [-0.3, -0.25) is 0 Å². The van der Waals surface area contributed by atoms with E-state index in [1.807, 2.05) is 6.55 Å². The quantitative estimate of drug-likeness (QED) is 0.267. The van der Waals surface area contributed by atoms with E-state index in [9.17, 15) is 0 Å². The van der Waals surface area contributed by atoms with Crippen LogP contribution >= 0.6 is 0 Å². The van der Waals surface area contributed by atoms with Crippen molar-refractivity contribution in [1.29, 1.82) is 0 Å². The van der Waals surface area contributed by atoms with Gasteiger partial charge in [-0.2, -0.15) is 0 Å². The predicted molar refractivity (Wildman–Crippen MR) is 51.0 cm³/mol. The summed E-state index contributed by atoms with van der Waals surface area (Å²) in [5, 5.41) is 0. The molecule has 0 aliphatic heterocycles. The number of rotatable bonds is 7. The van der Waals surface area contributed by atoms with E-state index in [1.165, 1.54) is 6.26 Å². The van der Waals surface area contributed by atoms with Gasteiger partial charge in [0.2, 0.25) is 0 Å². The second-order valence-corrected chi connectivity index (χ2v) is 6.15. The van der Waals surface area contributed by atoms with Gasteiger partial charge in [-0.25, -0.2) is 0 Å². The Labute approximate surface area is 75.6 Å². The highest BCUT2D eigenvalue weighted by atomic mass is 28.4. The third-order valence-electron chi connectivity index (χ3n) is 1.69. The zero-order chi connectivity index (χ0) is 9.45. The summed E-state index contributed by atoms with van der Waals surface area (Å²) in [6.45, 7) is 7.82. The van der Waals surface area contributed by atoms with Gasteiger partial charge >= 0.3 is 8.56 Å². The Balaban J connectivity index is 3.70. The molecular weight excluding hydrogens is 172 g/mol. The van der Waals surface area contributed by atoms with Gasteiger partial charge in [0.25, 0.3) is 0 Å². The van der Waals surface area contributed by atoms with E-state index in [0.717, 1.165) is 12.5 Å². The summed E-state index contributed by atoms with van der Waals surface area (Å²) in [7, 11) is -0.243. The number of hydrogen-bond donors (Lipinski definition) is 0. The third kappa shape index (κ3) is 4.53. The summed E-state index contributed by atoms with van der Waals surface area (Å²) >= 11 is 0. The molecule has 0 spiro atoms. The smallest absolute Gasteiger partial charge is 0.337 e. The van der Waals surface area contributed by atoms with Crippen LogP contribution in [0, 0.1) is 0 Å². The van der Waals surface area contributed by atoms with Crippen molar-refractivity contribution in [2.45, 2.75) is 25.9 Å². The molecule has 0 aromatic heterocycles. The van der Waals surface area contributed by atoms with E-state index in [2.05, 4.69) is 13.5 Å². The van der Waals surface area contributed by atoms with Gasteiger partial charge in [-0.15, -0.1) is 0 Å². The zero-order valence-electron chi connectivity index (χ0n) is 8.13. The van der Waals surface area contributed by atoms with Crippen molar-refractivity contribution in [3.8, 4) is 0 Å². The molecular formula is C8H18O3Si. The average molecular weight is 190 g/mol. The van der Waals surface area contributed by atoms with Gasteiger partial charge in [0.1, 0.15) is 0 Å². The highest BCUT2D eigenvalue weighted by molar-refractivity contribution is 6.65. The van der Waals surface area contributed by atoms with Crippen LogP contribution in [0.15, 0.2) is 12.8 Å². The Hall–Kier alpha value is -0.323. The molecule has 0 N–H and O–H groups in total. The molecule has 0 aromatic carbocycles. The predicted octanol–water partition coefficient (Wildman–Crippen LogP) is 2.25. The van der Waals surface area contributed by atoms with Crippen LogP contribution in [0.5, 0.6) is 0 Å². The van der Waals surface area contributed by atoms with Gasteiger partial charge in [-0.1, -0.05) is 19.9 Å². The molecule has 0 saturated carbocycles. The fourth-order valence-electron chi connectivity index (χ4n) is 0.894. The Kier molecular flexibility index (Phi) is 6.05. The summed E-state index contributed by atoms with van der Waals surface area (Å²) in [4.78, 5) is 0. The first-order valence-electron chi connectivity index (χ1n) is 4.10. The molecule has 0 rings (SSSR count). The molecule has 0 heterocycles. The highest BCUT2D eigenvalue weighted by Crippen LogP contribution is 2.14.